The van der Waals surface area contributed by atoms with Gasteiger partial charge in [0.2, 0.25) is 0 Å². The lowest BCUT2D eigenvalue weighted by atomic mass is 9.74. The van der Waals surface area contributed by atoms with E-state index in [1.165, 1.54) is 38.8 Å². The van der Waals surface area contributed by atoms with Gasteiger partial charge in [-0.2, -0.15) is 0 Å². The van der Waals surface area contributed by atoms with E-state index in [1.807, 2.05) is 0 Å². The van der Waals surface area contributed by atoms with E-state index in [2.05, 4.69) is 31.0 Å². The third-order valence-electron chi connectivity index (χ3n) is 5.27. The number of nitrogens with zero attached hydrogens (tertiary/aromatic N) is 1. The summed E-state index contributed by atoms with van der Waals surface area (Å²) in [6.45, 7) is 13.5. The molecule has 0 aromatic heterocycles. The van der Waals surface area contributed by atoms with Gasteiger partial charge >= 0.3 is 0 Å². The van der Waals surface area contributed by atoms with Crippen molar-refractivity contribution in [3.8, 4) is 0 Å². The number of ether oxygens (including phenoxy) is 1. The lowest BCUT2D eigenvalue weighted by Gasteiger charge is -2.42. The molecular weight excluding hydrogens is 224 g/mol. The van der Waals surface area contributed by atoms with Gasteiger partial charge in [-0.15, -0.1) is 0 Å². The summed E-state index contributed by atoms with van der Waals surface area (Å²) in [7, 11) is 0. The smallest absolute Gasteiger partial charge is 0.0902 e. The van der Waals surface area contributed by atoms with Crippen molar-refractivity contribution in [1.82, 2.24) is 10.2 Å². The molecule has 0 spiro atoms. The summed E-state index contributed by atoms with van der Waals surface area (Å²) in [5.41, 5.74) is 0.758. The van der Waals surface area contributed by atoms with Gasteiger partial charge in [-0.25, -0.2) is 0 Å². The fourth-order valence-corrected chi connectivity index (χ4v) is 3.21. The Morgan fingerprint density at radius 3 is 2.17 bits per heavy atom. The van der Waals surface area contributed by atoms with Crippen LogP contribution in [0.5, 0.6) is 0 Å². The normalized spacial score (nSPS) is 26.8. The van der Waals surface area contributed by atoms with E-state index in [-0.39, 0.29) is 5.60 Å². The molecule has 18 heavy (non-hydrogen) atoms. The second kappa shape index (κ2) is 5.89. The highest BCUT2D eigenvalue weighted by molar-refractivity contribution is 4.90. The van der Waals surface area contributed by atoms with Crippen LogP contribution in [0.1, 0.15) is 46.5 Å². The summed E-state index contributed by atoms with van der Waals surface area (Å²) in [6.07, 6.45) is 5.44. The fourth-order valence-electron chi connectivity index (χ4n) is 3.21. The molecule has 0 unspecified atom stereocenters. The molecule has 0 aliphatic carbocycles. The molecular formula is C15H30N2O. The summed E-state index contributed by atoms with van der Waals surface area (Å²) < 4.78 is 5.97. The Morgan fingerprint density at radius 1 is 1.11 bits per heavy atom. The molecule has 106 valence electrons. The highest BCUT2D eigenvalue weighted by Crippen LogP contribution is 2.37. The van der Waals surface area contributed by atoms with Crippen LogP contribution in [0.2, 0.25) is 0 Å². The summed E-state index contributed by atoms with van der Waals surface area (Å²) in [5, 5.41) is 3.28. The van der Waals surface area contributed by atoms with Gasteiger partial charge in [-0.3, -0.25) is 0 Å². The van der Waals surface area contributed by atoms with Crippen LogP contribution in [-0.4, -0.2) is 49.8 Å². The van der Waals surface area contributed by atoms with Gasteiger partial charge < -0.3 is 15.0 Å². The molecule has 2 saturated heterocycles. The van der Waals surface area contributed by atoms with E-state index >= 15 is 0 Å². The molecule has 0 aromatic rings. The Morgan fingerprint density at radius 2 is 1.72 bits per heavy atom. The Hall–Kier alpha value is -0.120. The molecule has 2 aliphatic rings. The average Bonchev–Trinajstić information content (AvgIpc) is 2.38. The molecule has 1 N–H and O–H groups in total. The Bertz CT molecular complexity index is 249. The van der Waals surface area contributed by atoms with Gasteiger partial charge in [-0.05, 0) is 38.3 Å². The standard InChI is InChI=1S/C15H30N2O/c1-4-15(5-2)6-8-17(9-7-15)10-11-18-14(3)12-16-13-14/h16H,4-13H2,1-3H3. The van der Waals surface area contributed by atoms with Crippen molar-refractivity contribution in [3.63, 3.8) is 0 Å². The van der Waals surface area contributed by atoms with Gasteiger partial charge in [0.1, 0.15) is 0 Å². The minimum absolute atomic E-state index is 0.117. The summed E-state index contributed by atoms with van der Waals surface area (Å²) >= 11 is 0. The van der Waals surface area contributed by atoms with E-state index in [0.717, 1.165) is 26.2 Å². The van der Waals surface area contributed by atoms with Crippen LogP contribution < -0.4 is 5.32 Å². The maximum atomic E-state index is 5.97. The second-order valence-corrected chi connectivity index (χ2v) is 6.45. The molecule has 0 amide bonds. The third kappa shape index (κ3) is 3.25. The van der Waals surface area contributed by atoms with Crippen LogP contribution in [0.4, 0.5) is 0 Å². The van der Waals surface area contributed by atoms with E-state index in [9.17, 15) is 0 Å². The summed E-state index contributed by atoms with van der Waals surface area (Å²) in [5.74, 6) is 0. The monoisotopic (exact) mass is 254 g/mol. The zero-order valence-corrected chi connectivity index (χ0v) is 12.4. The molecule has 0 radical (unpaired) electrons. The second-order valence-electron chi connectivity index (χ2n) is 6.45. The predicted octanol–water partition coefficient (Wildman–Crippen LogP) is 2.27. The zero-order valence-electron chi connectivity index (χ0n) is 12.4. The van der Waals surface area contributed by atoms with E-state index in [4.69, 9.17) is 4.74 Å². The number of nitrogens with one attached hydrogen (secondary N) is 1. The lowest BCUT2D eigenvalue weighted by molar-refractivity contribution is -0.0750. The van der Waals surface area contributed by atoms with Gasteiger partial charge in [-0.1, -0.05) is 26.7 Å². The van der Waals surface area contributed by atoms with Gasteiger partial charge in [0.15, 0.2) is 0 Å². The number of rotatable bonds is 6. The van der Waals surface area contributed by atoms with Crippen molar-refractivity contribution in [2.75, 3.05) is 39.3 Å². The Balaban J connectivity index is 1.64. The van der Waals surface area contributed by atoms with Crippen LogP contribution in [0.25, 0.3) is 0 Å². The lowest BCUT2D eigenvalue weighted by Crippen LogP contribution is -2.59. The molecule has 3 nitrogen and oxygen atoms in total. The minimum Gasteiger partial charge on any atom is -0.371 e. The number of likely N-dealkylation sites (tertiary alicyclic amines) is 1. The highest BCUT2D eigenvalue weighted by Gasteiger charge is 2.33. The maximum absolute atomic E-state index is 5.97. The number of hydrogen-bond donors (Lipinski definition) is 1. The van der Waals surface area contributed by atoms with Crippen LogP contribution in [0.15, 0.2) is 0 Å². The van der Waals surface area contributed by atoms with Crippen molar-refractivity contribution in [2.45, 2.75) is 52.1 Å². The first kappa shape index (κ1) is 14.3. The Kier molecular flexibility index (Phi) is 4.68. The van der Waals surface area contributed by atoms with Crippen molar-refractivity contribution >= 4 is 0 Å². The topological polar surface area (TPSA) is 24.5 Å². The van der Waals surface area contributed by atoms with Crippen LogP contribution in [-0.2, 0) is 4.74 Å². The minimum atomic E-state index is 0.117. The van der Waals surface area contributed by atoms with Gasteiger partial charge in [0.25, 0.3) is 0 Å². The summed E-state index contributed by atoms with van der Waals surface area (Å²) in [6, 6.07) is 0. The molecule has 0 saturated carbocycles. The quantitative estimate of drug-likeness (QED) is 0.787. The van der Waals surface area contributed by atoms with Crippen molar-refractivity contribution in [1.29, 1.82) is 0 Å². The van der Waals surface area contributed by atoms with E-state index in [0.29, 0.717) is 5.41 Å². The third-order valence-corrected chi connectivity index (χ3v) is 5.27. The van der Waals surface area contributed by atoms with Crippen molar-refractivity contribution in [3.05, 3.63) is 0 Å². The zero-order chi connectivity index (χ0) is 13.1. The SMILES string of the molecule is CCC1(CC)CCN(CCOC2(C)CNC2)CC1. The maximum Gasteiger partial charge on any atom is 0.0902 e. The predicted molar refractivity (Wildman–Crippen MR) is 75.9 cm³/mol. The van der Waals surface area contributed by atoms with Crippen LogP contribution >= 0.6 is 0 Å². The van der Waals surface area contributed by atoms with Gasteiger partial charge in [0, 0.05) is 19.6 Å². The van der Waals surface area contributed by atoms with E-state index in [1.54, 1.807) is 0 Å². The molecule has 0 bridgehead atoms. The average molecular weight is 254 g/mol. The van der Waals surface area contributed by atoms with Crippen LogP contribution in [0.3, 0.4) is 0 Å². The molecule has 2 heterocycles. The molecule has 2 rings (SSSR count). The molecule has 0 aromatic carbocycles. The number of hydrogen-bond acceptors (Lipinski definition) is 3. The molecule has 3 heteroatoms. The highest BCUT2D eigenvalue weighted by atomic mass is 16.5. The molecule has 2 aliphatic heterocycles. The Labute approximate surface area is 112 Å². The molecule has 2 fully saturated rings. The summed E-state index contributed by atoms with van der Waals surface area (Å²) in [4.78, 5) is 2.58. The first-order valence-corrected chi connectivity index (χ1v) is 7.68. The van der Waals surface area contributed by atoms with Crippen molar-refractivity contribution < 1.29 is 4.74 Å². The first-order valence-electron chi connectivity index (χ1n) is 7.68. The fraction of sp³-hybridized carbons (Fsp3) is 1.00. The largest absolute Gasteiger partial charge is 0.371 e. The first-order chi connectivity index (χ1) is 8.61. The van der Waals surface area contributed by atoms with Gasteiger partial charge in [0.05, 0.1) is 12.2 Å². The van der Waals surface area contributed by atoms with Crippen LogP contribution in [0, 0.1) is 5.41 Å². The molecule has 0 atom stereocenters. The van der Waals surface area contributed by atoms with E-state index < -0.39 is 0 Å². The number of piperidine rings is 1. The van der Waals surface area contributed by atoms with Crippen molar-refractivity contribution in [2.24, 2.45) is 5.41 Å².